The van der Waals surface area contributed by atoms with Crippen LogP contribution in [0.15, 0.2) is 54.6 Å². The summed E-state index contributed by atoms with van der Waals surface area (Å²) in [6, 6.07) is 16.9. The molecule has 2 aromatic carbocycles. The number of amides is 3. The van der Waals surface area contributed by atoms with E-state index in [0.29, 0.717) is 45.4 Å². The molecule has 4 rings (SSSR count). The lowest BCUT2D eigenvalue weighted by molar-refractivity contribution is -0.156. The number of aryl methyl sites for hydroxylation is 1. The highest BCUT2D eigenvalue weighted by Crippen LogP contribution is 2.22. The molecule has 0 aromatic heterocycles. The minimum Gasteiger partial charge on any atom is -0.496 e. The van der Waals surface area contributed by atoms with Crippen LogP contribution < -0.4 is 4.74 Å². The highest BCUT2D eigenvalue weighted by Gasteiger charge is 2.41. The molecule has 0 radical (unpaired) electrons. The van der Waals surface area contributed by atoms with E-state index in [1.54, 1.807) is 21.8 Å². The number of rotatable bonds is 6. The number of para-hydroxylation sites is 1. The predicted molar refractivity (Wildman–Crippen MR) is 120 cm³/mol. The average molecular weight is 436 g/mol. The number of fused-ring (bicyclic) bond motifs is 1. The van der Waals surface area contributed by atoms with Crippen LogP contribution in [0.25, 0.3) is 0 Å². The first-order chi connectivity index (χ1) is 15.6. The van der Waals surface area contributed by atoms with Crippen LogP contribution in [-0.4, -0.2) is 71.8 Å². The van der Waals surface area contributed by atoms with E-state index in [-0.39, 0.29) is 24.3 Å². The van der Waals surface area contributed by atoms with Crippen molar-refractivity contribution in [3.63, 3.8) is 0 Å². The smallest absolute Gasteiger partial charge is 0.246 e. The van der Waals surface area contributed by atoms with Crippen LogP contribution in [0.4, 0.5) is 0 Å². The Bertz CT molecular complexity index is 978. The summed E-state index contributed by atoms with van der Waals surface area (Å²) in [7, 11) is 1.63. The molecule has 2 aromatic rings. The van der Waals surface area contributed by atoms with E-state index in [0.717, 1.165) is 16.9 Å². The molecule has 2 fully saturated rings. The molecule has 0 aliphatic carbocycles. The lowest BCUT2D eigenvalue weighted by Gasteiger charge is -2.39. The second-order valence-electron chi connectivity index (χ2n) is 8.26. The number of piperazine rings is 1. The predicted octanol–water partition coefficient (Wildman–Crippen LogP) is 2.10. The maximum Gasteiger partial charge on any atom is 0.246 e. The maximum absolute atomic E-state index is 13.1. The van der Waals surface area contributed by atoms with Gasteiger partial charge in [-0.05, 0) is 30.0 Å². The first-order valence-electron chi connectivity index (χ1n) is 11.1. The highest BCUT2D eigenvalue weighted by atomic mass is 16.5. The number of carbonyl (C=O) groups is 3. The van der Waals surface area contributed by atoms with Gasteiger partial charge in [0.05, 0.1) is 7.11 Å². The van der Waals surface area contributed by atoms with Crippen LogP contribution in [0.1, 0.15) is 24.0 Å². The maximum atomic E-state index is 13.1. The third-order valence-corrected chi connectivity index (χ3v) is 6.27. The number of methoxy groups -OCH3 is 1. The quantitative estimate of drug-likeness (QED) is 0.697. The lowest BCUT2D eigenvalue weighted by atomic mass is 10.1. The zero-order chi connectivity index (χ0) is 22.5. The molecule has 168 valence electrons. The molecule has 2 aliphatic heterocycles. The summed E-state index contributed by atoms with van der Waals surface area (Å²) in [6.07, 6.45) is 1.43. The molecule has 0 bridgehead atoms. The van der Waals surface area contributed by atoms with Crippen LogP contribution in [-0.2, 0) is 27.3 Å². The standard InChI is InChI=1S/C25H29N3O4/c1-32-22-10-6-5-9-20(22)11-12-23(29)26-14-13-21-25(31)27(17-19-7-3-2-4-8-19)18-24(30)28(21)16-15-26/h2-10,21H,11-18H2,1H3. The lowest BCUT2D eigenvalue weighted by Crippen LogP contribution is -2.59. The molecule has 2 aliphatic rings. The number of hydrogen-bond donors (Lipinski definition) is 0. The second-order valence-corrected chi connectivity index (χ2v) is 8.26. The Balaban J connectivity index is 1.37. The Labute approximate surface area is 188 Å². The number of hydrogen-bond acceptors (Lipinski definition) is 4. The van der Waals surface area contributed by atoms with Crippen molar-refractivity contribution < 1.29 is 19.1 Å². The van der Waals surface area contributed by atoms with Gasteiger partial charge in [0.25, 0.3) is 0 Å². The zero-order valence-corrected chi connectivity index (χ0v) is 18.4. The first-order valence-corrected chi connectivity index (χ1v) is 11.1. The fraction of sp³-hybridized carbons (Fsp3) is 0.400. The van der Waals surface area contributed by atoms with Crippen molar-refractivity contribution in [2.45, 2.75) is 31.8 Å². The van der Waals surface area contributed by atoms with Crippen molar-refractivity contribution in [1.29, 1.82) is 0 Å². The van der Waals surface area contributed by atoms with Gasteiger partial charge in [-0.3, -0.25) is 14.4 Å². The van der Waals surface area contributed by atoms with Crippen LogP contribution in [0.3, 0.4) is 0 Å². The van der Waals surface area contributed by atoms with E-state index in [9.17, 15) is 14.4 Å². The summed E-state index contributed by atoms with van der Waals surface area (Å²) in [6.45, 7) is 1.85. The molecule has 7 nitrogen and oxygen atoms in total. The van der Waals surface area contributed by atoms with Gasteiger partial charge in [-0.25, -0.2) is 0 Å². The molecule has 7 heteroatoms. The summed E-state index contributed by atoms with van der Waals surface area (Å²) < 4.78 is 5.37. The van der Waals surface area contributed by atoms with Gasteiger partial charge in [-0.1, -0.05) is 48.5 Å². The third-order valence-electron chi connectivity index (χ3n) is 6.27. The van der Waals surface area contributed by atoms with Crippen LogP contribution in [0, 0.1) is 0 Å². The van der Waals surface area contributed by atoms with Crippen molar-refractivity contribution in [2.24, 2.45) is 0 Å². The fourth-order valence-corrected chi connectivity index (χ4v) is 4.52. The van der Waals surface area contributed by atoms with Crippen LogP contribution in [0.5, 0.6) is 5.75 Å². The Kier molecular flexibility index (Phi) is 6.73. The number of ether oxygens (including phenoxy) is 1. The van der Waals surface area contributed by atoms with E-state index < -0.39 is 6.04 Å². The van der Waals surface area contributed by atoms with E-state index in [4.69, 9.17) is 4.74 Å². The molecule has 0 spiro atoms. The third kappa shape index (κ3) is 4.77. The van der Waals surface area contributed by atoms with Crippen molar-refractivity contribution >= 4 is 17.7 Å². The summed E-state index contributed by atoms with van der Waals surface area (Å²) >= 11 is 0. The molecule has 1 atom stereocenters. The largest absolute Gasteiger partial charge is 0.496 e. The highest BCUT2D eigenvalue weighted by molar-refractivity contribution is 5.95. The number of benzene rings is 2. The molecule has 3 amide bonds. The zero-order valence-electron chi connectivity index (χ0n) is 18.4. The second kappa shape index (κ2) is 9.85. The van der Waals surface area contributed by atoms with Gasteiger partial charge in [0, 0.05) is 32.6 Å². The topological polar surface area (TPSA) is 70.2 Å². The van der Waals surface area contributed by atoms with Gasteiger partial charge in [-0.2, -0.15) is 0 Å². The minimum atomic E-state index is -0.494. The Morgan fingerprint density at radius 1 is 1.00 bits per heavy atom. The summed E-state index contributed by atoms with van der Waals surface area (Å²) in [5, 5.41) is 0. The summed E-state index contributed by atoms with van der Waals surface area (Å²) in [5.41, 5.74) is 2.00. The van der Waals surface area contributed by atoms with Crippen molar-refractivity contribution in [3.8, 4) is 5.75 Å². The van der Waals surface area contributed by atoms with Crippen molar-refractivity contribution in [1.82, 2.24) is 14.7 Å². The van der Waals surface area contributed by atoms with Gasteiger partial charge >= 0.3 is 0 Å². The van der Waals surface area contributed by atoms with Crippen molar-refractivity contribution in [3.05, 3.63) is 65.7 Å². The Morgan fingerprint density at radius 3 is 2.53 bits per heavy atom. The Hall–Kier alpha value is -3.35. The summed E-state index contributed by atoms with van der Waals surface area (Å²) in [4.78, 5) is 43.9. The number of nitrogens with zero attached hydrogens (tertiary/aromatic N) is 3. The van der Waals surface area contributed by atoms with Crippen LogP contribution >= 0.6 is 0 Å². The molecular formula is C25H29N3O4. The normalized spacial score (nSPS) is 18.9. The van der Waals surface area contributed by atoms with E-state index >= 15 is 0 Å². The van der Waals surface area contributed by atoms with Crippen LogP contribution in [0.2, 0.25) is 0 Å². The minimum absolute atomic E-state index is 0.0308. The molecule has 0 saturated carbocycles. The SMILES string of the molecule is COc1ccccc1CCC(=O)N1CCC2C(=O)N(Cc3ccccc3)CC(=O)N2CC1. The van der Waals surface area contributed by atoms with E-state index in [1.165, 1.54) is 0 Å². The van der Waals surface area contributed by atoms with Gasteiger partial charge in [-0.15, -0.1) is 0 Å². The molecule has 2 heterocycles. The van der Waals surface area contributed by atoms with Gasteiger partial charge in [0.1, 0.15) is 18.3 Å². The molecular weight excluding hydrogens is 406 g/mol. The fourth-order valence-electron chi connectivity index (χ4n) is 4.52. The van der Waals surface area contributed by atoms with E-state index in [1.807, 2.05) is 54.6 Å². The van der Waals surface area contributed by atoms with E-state index in [2.05, 4.69) is 0 Å². The monoisotopic (exact) mass is 435 g/mol. The van der Waals surface area contributed by atoms with Gasteiger partial charge in [0.15, 0.2) is 0 Å². The molecule has 1 unspecified atom stereocenters. The molecule has 0 N–H and O–H groups in total. The number of carbonyl (C=O) groups excluding carboxylic acids is 3. The average Bonchev–Trinajstić information content (AvgIpc) is 3.05. The first kappa shape index (κ1) is 21.9. The molecule has 32 heavy (non-hydrogen) atoms. The van der Waals surface area contributed by atoms with Gasteiger partial charge < -0.3 is 19.4 Å². The van der Waals surface area contributed by atoms with Gasteiger partial charge in [0.2, 0.25) is 17.7 Å². The Morgan fingerprint density at radius 2 is 1.75 bits per heavy atom. The molecule has 2 saturated heterocycles. The summed E-state index contributed by atoms with van der Waals surface area (Å²) in [5.74, 6) is 0.741. The van der Waals surface area contributed by atoms with Crippen molar-refractivity contribution in [2.75, 3.05) is 33.3 Å².